The summed E-state index contributed by atoms with van der Waals surface area (Å²) in [5.74, 6) is 0. The van der Waals surface area contributed by atoms with Crippen LogP contribution in [-0.4, -0.2) is 4.57 Å². The number of allylic oxidation sites excluding steroid dienone is 1. The normalized spacial score (nSPS) is 11.4. The molecule has 0 amide bonds. The number of para-hydroxylation sites is 1. The molecule has 3 heteroatoms. The predicted octanol–water partition coefficient (Wildman–Crippen LogP) is 6.23. The third-order valence-corrected chi connectivity index (χ3v) is 5.02. The molecule has 124 valence electrons. The number of benzene rings is 2. The highest BCUT2D eigenvalue weighted by Crippen LogP contribution is 2.28. The van der Waals surface area contributed by atoms with Crippen LogP contribution in [0.15, 0.2) is 59.1 Å². The van der Waals surface area contributed by atoms with Crippen LogP contribution in [-0.2, 0) is 0 Å². The molecule has 0 saturated heterocycles. The summed E-state index contributed by atoms with van der Waals surface area (Å²) in [6.45, 7) is 6.22. The summed E-state index contributed by atoms with van der Waals surface area (Å²) in [4.78, 5) is 0. The predicted molar refractivity (Wildman–Crippen MR) is 108 cm³/mol. The first-order valence-electron chi connectivity index (χ1n) is 8.14. The van der Waals surface area contributed by atoms with E-state index in [9.17, 15) is 5.26 Å². The summed E-state index contributed by atoms with van der Waals surface area (Å²) in [6, 6.07) is 20.7. The van der Waals surface area contributed by atoms with Crippen LogP contribution < -0.4 is 0 Å². The molecule has 1 heterocycles. The first-order valence-corrected chi connectivity index (χ1v) is 8.93. The van der Waals surface area contributed by atoms with Gasteiger partial charge in [-0.05, 0) is 72.1 Å². The zero-order valence-corrected chi connectivity index (χ0v) is 16.1. The number of aromatic nitrogens is 1. The molecule has 3 aromatic rings. The molecular formula is C22H19BrN2. The van der Waals surface area contributed by atoms with Crippen molar-refractivity contribution in [1.82, 2.24) is 4.57 Å². The molecule has 25 heavy (non-hydrogen) atoms. The fourth-order valence-electron chi connectivity index (χ4n) is 3.01. The number of hydrogen-bond acceptors (Lipinski definition) is 1. The van der Waals surface area contributed by atoms with Crippen molar-refractivity contribution in [2.24, 2.45) is 0 Å². The van der Waals surface area contributed by atoms with Crippen LogP contribution in [0.25, 0.3) is 17.3 Å². The van der Waals surface area contributed by atoms with Crippen molar-refractivity contribution in [3.8, 4) is 11.8 Å². The van der Waals surface area contributed by atoms with E-state index in [1.54, 1.807) is 0 Å². The van der Waals surface area contributed by atoms with Crippen LogP contribution in [0.1, 0.15) is 28.1 Å². The Bertz CT molecular complexity index is 986. The summed E-state index contributed by atoms with van der Waals surface area (Å²) in [5, 5.41) is 9.61. The highest BCUT2D eigenvalue weighted by atomic mass is 79.9. The number of rotatable bonds is 3. The summed E-state index contributed by atoms with van der Waals surface area (Å²) in [7, 11) is 0. The Morgan fingerprint density at radius 2 is 1.72 bits per heavy atom. The zero-order chi connectivity index (χ0) is 18.0. The minimum Gasteiger partial charge on any atom is -0.317 e. The van der Waals surface area contributed by atoms with Gasteiger partial charge in [-0.2, -0.15) is 5.26 Å². The Morgan fingerprint density at radius 1 is 1.04 bits per heavy atom. The second-order valence-corrected chi connectivity index (χ2v) is 7.00. The number of nitriles is 1. The molecule has 2 nitrogen and oxygen atoms in total. The van der Waals surface area contributed by atoms with Crippen molar-refractivity contribution in [3.63, 3.8) is 0 Å². The lowest BCUT2D eigenvalue weighted by Crippen LogP contribution is -1.99. The molecule has 1 aromatic heterocycles. The Hall–Kier alpha value is -2.57. The molecular weight excluding hydrogens is 372 g/mol. The topological polar surface area (TPSA) is 28.7 Å². The van der Waals surface area contributed by atoms with Crippen LogP contribution in [0, 0.1) is 32.1 Å². The van der Waals surface area contributed by atoms with Crippen molar-refractivity contribution >= 4 is 27.6 Å². The minimum absolute atomic E-state index is 0.673. The molecule has 0 bridgehead atoms. The van der Waals surface area contributed by atoms with Gasteiger partial charge in [0.25, 0.3) is 0 Å². The van der Waals surface area contributed by atoms with Gasteiger partial charge in [-0.25, -0.2) is 0 Å². The van der Waals surface area contributed by atoms with Gasteiger partial charge in [0.1, 0.15) is 0 Å². The lowest BCUT2D eigenvalue weighted by Gasteiger charge is -2.11. The van der Waals surface area contributed by atoms with Gasteiger partial charge < -0.3 is 4.57 Å². The lowest BCUT2D eigenvalue weighted by molar-refractivity contribution is 0.959. The van der Waals surface area contributed by atoms with Gasteiger partial charge in [0.2, 0.25) is 0 Å². The van der Waals surface area contributed by atoms with Gasteiger partial charge in [0.15, 0.2) is 0 Å². The average Bonchev–Trinajstić information content (AvgIpc) is 2.88. The van der Waals surface area contributed by atoms with Gasteiger partial charge >= 0.3 is 0 Å². The van der Waals surface area contributed by atoms with Gasteiger partial charge in [0, 0.05) is 15.9 Å². The summed E-state index contributed by atoms with van der Waals surface area (Å²) >= 11 is 3.63. The van der Waals surface area contributed by atoms with E-state index in [0.717, 1.165) is 32.7 Å². The van der Waals surface area contributed by atoms with Crippen LogP contribution in [0.4, 0.5) is 0 Å². The van der Waals surface area contributed by atoms with Crippen LogP contribution in [0.5, 0.6) is 0 Å². The van der Waals surface area contributed by atoms with Gasteiger partial charge in [-0.1, -0.05) is 42.0 Å². The molecule has 0 unspecified atom stereocenters. The molecule has 0 atom stereocenters. The molecule has 0 aliphatic heterocycles. The molecule has 0 fully saturated rings. The molecule has 0 aliphatic rings. The standard InChI is InChI=1S/C22H19BrN2/c1-15-8-10-18(11-9-15)20(14-24)13-19-12-16(2)25(17(19)3)22-7-5-4-6-21(22)23/h4-13H,1-3H3/b20-13-. The summed E-state index contributed by atoms with van der Waals surface area (Å²) < 4.78 is 3.26. The van der Waals surface area contributed by atoms with Gasteiger partial charge in [-0.15, -0.1) is 0 Å². The van der Waals surface area contributed by atoms with E-state index in [2.05, 4.69) is 52.5 Å². The fraction of sp³-hybridized carbons (Fsp3) is 0.136. The monoisotopic (exact) mass is 390 g/mol. The van der Waals surface area contributed by atoms with Crippen LogP contribution in [0.3, 0.4) is 0 Å². The second kappa shape index (κ2) is 7.13. The van der Waals surface area contributed by atoms with Crippen molar-refractivity contribution in [2.75, 3.05) is 0 Å². The summed E-state index contributed by atoms with van der Waals surface area (Å²) in [6.07, 6.45) is 1.97. The molecule has 0 aliphatic carbocycles. The van der Waals surface area contributed by atoms with E-state index in [-0.39, 0.29) is 0 Å². The number of aryl methyl sites for hydroxylation is 2. The van der Waals surface area contributed by atoms with Gasteiger partial charge in [-0.3, -0.25) is 0 Å². The first-order chi connectivity index (χ1) is 12.0. The SMILES string of the molecule is Cc1ccc(/C(C#N)=C\c2cc(C)n(-c3ccccc3Br)c2C)cc1. The molecule has 0 radical (unpaired) electrons. The molecule has 0 N–H and O–H groups in total. The molecule has 2 aromatic carbocycles. The molecule has 3 rings (SSSR count). The Balaban J connectivity index is 2.10. The average molecular weight is 391 g/mol. The summed E-state index contributed by atoms with van der Waals surface area (Å²) in [5.41, 5.74) is 7.22. The van der Waals surface area contributed by atoms with E-state index < -0.39 is 0 Å². The second-order valence-electron chi connectivity index (χ2n) is 6.15. The van der Waals surface area contributed by atoms with Crippen molar-refractivity contribution < 1.29 is 0 Å². The van der Waals surface area contributed by atoms with E-state index in [4.69, 9.17) is 0 Å². The number of halogens is 1. The number of nitrogens with zero attached hydrogens (tertiary/aromatic N) is 2. The number of hydrogen-bond donors (Lipinski definition) is 0. The third-order valence-electron chi connectivity index (χ3n) is 4.35. The van der Waals surface area contributed by atoms with E-state index >= 15 is 0 Å². The van der Waals surface area contributed by atoms with Gasteiger partial charge in [0.05, 0.1) is 17.3 Å². The highest BCUT2D eigenvalue weighted by molar-refractivity contribution is 9.10. The van der Waals surface area contributed by atoms with Crippen molar-refractivity contribution in [3.05, 3.63) is 87.1 Å². The maximum atomic E-state index is 9.61. The van der Waals surface area contributed by atoms with Crippen LogP contribution in [0.2, 0.25) is 0 Å². The smallest absolute Gasteiger partial charge is 0.0998 e. The van der Waals surface area contributed by atoms with E-state index in [0.29, 0.717) is 5.57 Å². The first kappa shape index (κ1) is 17.3. The van der Waals surface area contributed by atoms with Crippen molar-refractivity contribution in [2.45, 2.75) is 20.8 Å². The van der Waals surface area contributed by atoms with E-state index in [1.165, 1.54) is 5.56 Å². The van der Waals surface area contributed by atoms with Crippen molar-refractivity contribution in [1.29, 1.82) is 5.26 Å². The van der Waals surface area contributed by atoms with Crippen LogP contribution >= 0.6 is 15.9 Å². The molecule has 0 spiro atoms. The Kier molecular flexibility index (Phi) is 4.92. The highest BCUT2D eigenvalue weighted by Gasteiger charge is 2.12. The zero-order valence-electron chi connectivity index (χ0n) is 14.5. The Labute approximate surface area is 157 Å². The Morgan fingerprint density at radius 3 is 2.36 bits per heavy atom. The largest absolute Gasteiger partial charge is 0.317 e. The maximum Gasteiger partial charge on any atom is 0.0998 e. The lowest BCUT2D eigenvalue weighted by atomic mass is 10.0. The fourth-order valence-corrected chi connectivity index (χ4v) is 3.47. The maximum absolute atomic E-state index is 9.61. The third kappa shape index (κ3) is 3.45. The molecule has 0 saturated carbocycles. The van der Waals surface area contributed by atoms with E-state index in [1.807, 2.05) is 55.5 Å². The quantitative estimate of drug-likeness (QED) is 0.487. The minimum atomic E-state index is 0.673.